The maximum absolute atomic E-state index is 13.1. The number of hydrogen-bond donors (Lipinski definition) is 0. The van der Waals surface area contributed by atoms with Crippen LogP contribution in [0.2, 0.25) is 0 Å². The molecule has 6 atom stereocenters. The van der Waals surface area contributed by atoms with Gasteiger partial charge in [0.25, 0.3) is 0 Å². The predicted molar refractivity (Wildman–Crippen MR) is 108 cm³/mol. The highest BCUT2D eigenvalue weighted by Crippen LogP contribution is 2.54. The van der Waals surface area contributed by atoms with Gasteiger partial charge in [-0.1, -0.05) is 44.7 Å². The standard InChI is InChI=1S/C25H37F/c1-2-3-19-8-14-24-21(16-19)10-11-22-17-20(9-15-25(22)24)5-4-18-6-12-23(26)13-7-18/h6-7,12-13,19-22,24-25H,2-5,8-11,14-17H2,1H3. The topological polar surface area (TPSA) is 0 Å². The molecule has 1 heteroatoms. The molecule has 3 aliphatic rings. The molecular formula is C25H37F. The maximum Gasteiger partial charge on any atom is 0.123 e. The van der Waals surface area contributed by atoms with Gasteiger partial charge in [0.05, 0.1) is 0 Å². The fourth-order valence-corrected chi connectivity index (χ4v) is 6.94. The number of halogens is 1. The van der Waals surface area contributed by atoms with E-state index in [1.165, 1.54) is 69.8 Å². The molecule has 0 bridgehead atoms. The molecule has 3 saturated carbocycles. The summed E-state index contributed by atoms with van der Waals surface area (Å²) in [5, 5.41) is 0. The molecule has 0 spiro atoms. The summed E-state index contributed by atoms with van der Waals surface area (Å²) in [6, 6.07) is 7.17. The number of aryl methyl sites for hydroxylation is 1. The Kier molecular flexibility index (Phi) is 6.01. The summed E-state index contributed by atoms with van der Waals surface area (Å²) < 4.78 is 13.1. The van der Waals surface area contributed by atoms with E-state index < -0.39 is 0 Å². The lowest BCUT2D eigenvalue weighted by Crippen LogP contribution is -2.41. The normalized spacial score (nSPS) is 37.0. The Morgan fingerprint density at radius 2 is 1.35 bits per heavy atom. The summed E-state index contributed by atoms with van der Waals surface area (Å²) in [4.78, 5) is 0. The average molecular weight is 357 g/mol. The van der Waals surface area contributed by atoms with Crippen LogP contribution >= 0.6 is 0 Å². The smallest absolute Gasteiger partial charge is 0.123 e. The van der Waals surface area contributed by atoms with Crippen LogP contribution in [0.15, 0.2) is 24.3 Å². The van der Waals surface area contributed by atoms with Crippen LogP contribution in [-0.2, 0) is 6.42 Å². The quantitative estimate of drug-likeness (QED) is 0.515. The van der Waals surface area contributed by atoms with Crippen LogP contribution in [0.3, 0.4) is 0 Å². The Morgan fingerprint density at radius 3 is 1.92 bits per heavy atom. The van der Waals surface area contributed by atoms with Gasteiger partial charge in [0.15, 0.2) is 0 Å². The number of benzene rings is 1. The molecular weight excluding hydrogens is 319 g/mol. The number of hydrogen-bond acceptors (Lipinski definition) is 0. The highest BCUT2D eigenvalue weighted by Gasteiger charge is 2.44. The van der Waals surface area contributed by atoms with Gasteiger partial charge < -0.3 is 0 Å². The summed E-state index contributed by atoms with van der Waals surface area (Å²) in [5.41, 5.74) is 1.31. The molecule has 6 unspecified atom stereocenters. The van der Waals surface area contributed by atoms with E-state index in [9.17, 15) is 4.39 Å². The maximum atomic E-state index is 13.1. The molecule has 0 heterocycles. The molecule has 0 radical (unpaired) electrons. The predicted octanol–water partition coefficient (Wildman–Crippen LogP) is 7.42. The molecule has 0 nitrogen and oxygen atoms in total. The minimum Gasteiger partial charge on any atom is -0.207 e. The van der Waals surface area contributed by atoms with E-state index in [2.05, 4.69) is 6.92 Å². The molecule has 3 aliphatic carbocycles. The third-order valence-electron chi connectivity index (χ3n) is 8.21. The number of rotatable bonds is 5. The molecule has 1 aromatic carbocycles. The highest BCUT2D eigenvalue weighted by molar-refractivity contribution is 5.16. The summed E-state index contributed by atoms with van der Waals surface area (Å²) in [6.07, 6.45) is 17.4. The van der Waals surface area contributed by atoms with E-state index in [1.807, 2.05) is 12.1 Å². The Hall–Kier alpha value is -0.850. The van der Waals surface area contributed by atoms with Crippen LogP contribution in [0.25, 0.3) is 0 Å². The zero-order valence-corrected chi connectivity index (χ0v) is 16.6. The van der Waals surface area contributed by atoms with Crippen LogP contribution in [0.5, 0.6) is 0 Å². The molecule has 0 aromatic heterocycles. The highest BCUT2D eigenvalue weighted by atomic mass is 19.1. The monoisotopic (exact) mass is 356 g/mol. The van der Waals surface area contributed by atoms with Crippen molar-refractivity contribution in [3.63, 3.8) is 0 Å². The van der Waals surface area contributed by atoms with Crippen molar-refractivity contribution in [2.75, 3.05) is 0 Å². The van der Waals surface area contributed by atoms with Crippen LogP contribution < -0.4 is 0 Å². The van der Waals surface area contributed by atoms with Gasteiger partial charge in [-0.2, -0.15) is 0 Å². The third kappa shape index (κ3) is 4.18. The molecule has 1 aromatic rings. The second-order valence-electron chi connectivity index (χ2n) is 9.74. The van der Waals surface area contributed by atoms with Crippen LogP contribution in [0, 0.1) is 41.3 Å². The van der Waals surface area contributed by atoms with Gasteiger partial charge in [-0.25, -0.2) is 4.39 Å². The van der Waals surface area contributed by atoms with Gasteiger partial charge >= 0.3 is 0 Å². The van der Waals surface area contributed by atoms with Crippen molar-refractivity contribution in [2.24, 2.45) is 35.5 Å². The first-order valence-electron chi connectivity index (χ1n) is 11.5. The van der Waals surface area contributed by atoms with Crippen molar-refractivity contribution in [3.8, 4) is 0 Å². The van der Waals surface area contributed by atoms with Gasteiger partial charge in [-0.15, -0.1) is 0 Å². The average Bonchev–Trinajstić information content (AvgIpc) is 2.67. The van der Waals surface area contributed by atoms with Gasteiger partial charge in [0.2, 0.25) is 0 Å². The lowest BCUT2D eigenvalue weighted by molar-refractivity contribution is -0.00405. The largest absolute Gasteiger partial charge is 0.207 e. The molecule has 0 N–H and O–H groups in total. The first-order valence-corrected chi connectivity index (χ1v) is 11.5. The lowest BCUT2D eigenvalue weighted by Gasteiger charge is -2.51. The molecule has 26 heavy (non-hydrogen) atoms. The minimum atomic E-state index is -0.111. The van der Waals surface area contributed by atoms with Gasteiger partial charge in [-0.3, -0.25) is 0 Å². The van der Waals surface area contributed by atoms with Crippen molar-refractivity contribution in [2.45, 2.75) is 84.0 Å². The summed E-state index contributed by atoms with van der Waals surface area (Å²) >= 11 is 0. The molecule has 0 saturated heterocycles. The van der Waals surface area contributed by atoms with E-state index in [0.717, 1.165) is 41.9 Å². The molecule has 3 fully saturated rings. The second kappa shape index (κ2) is 8.44. The first kappa shape index (κ1) is 18.5. The fraction of sp³-hybridized carbons (Fsp3) is 0.760. The summed E-state index contributed by atoms with van der Waals surface area (Å²) in [6.45, 7) is 2.36. The van der Waals surface area contributed by atoms with E-state index in [0.29, 0.717) is 0 Å². The SMILES string of the molecule is CCCC1CCC2C(CCC3CC(CCc4ccc(F)cc4)CCC32)C1. The molecule has 0 amide bonds. The third-order valence-corrected chi connectivity index (χ3v) is 8.21. The minimum absolute atomic E-state index is 0.111. The molecule has 4 rings (SSSR count). The van der Waals surface area contributed by atoms with E-state index in [-0.39, 0.29) is 5.82 Å². The molecule has 0 aliphatic heterocycles. The van der Waals surface area contributed by atoms with Crippen molar-refractivity contribution in [3.05, 3.63) is 35.6 Å². The van der Waals surface area contributed by atoms with Crippen molar-refractivity contribution in [1.82, 2.24) is 0 Å². The first-order chi connectivity index (χ1) is 12.7. The Bertz CT molecular complexity index is 562. The Morgan fingerprint density at radius 1 is 0.769 bits per heavy atom. The van der Waals surface area contributed by atoms with Crippen LogP contribution in [0.1, 0.15) is 83.1 Å². The van der Waals surface area contributed by atoms with Gasteiger partial charge in [0, 0.05) is 0 Å². The van der Waals surface area contributed by atoms with Crippen molar-refractivity contribution < 1.29 is 4.39 Å². The van der Waals surface area contributed by atoms with E-state index in [4.69, 9.17) is 0 Å². The Balaban J connectivity index is 1.28. The summed E-state index contributed by atoms with van der Waals surface area (Å²) in [7, 11) is 0. The van der Waals surface area contributed by atoms with Crippen molar-refractivity contribution in [1.29, 1.82) is 0 Å². The van der Waals surface area contributed by atoms with E-state index >= 15 is 0 Å². The van der Waals surface area contributed by atoms with Crippen LogP contribution in [0.4, 0.5) is 4.39 Å². The van der Waals surface area contributed by atoms with Gasteiger partial charge in [-0.05, 0) is 105 Å². The second-order valence-corrected chi connectivity index (χ2v) is 9.74. The van der Waals surface area contributed by atoms with Crippen molar-refractivity contribution >= 4 is 0 Å². The Labute approximate surface area is 160 Å². The lowest BCUT2D eigenvalue weighted by atomic mass is 9.55. The molecule has 144 valence electrons. The fourth-order valence-electron chi connectivity index (χ4n) is 6.94. The van der Waals surface area contributed by atoms with Crippen LogP contribution in [-0.4, -0.2) is 0 Å². The zero-order valence-electron chi connectivity index (χ0n) is 16.6. The van der Waals surface area contributed by atoms with E-state index in [1.54, 1.807) is 18.6 Å². The summed E-state index contributed by atoms with van der Waals surface area (Å²) in [5.74, 6) is 6.06. The number of fused-ring (bicyclic) bond motifs is 3. The zero-order chi connectivity index (χ0) is 17.9. The van der Waals surface area contributed by atoms with Gasteiger partial charge in [0.1, 0.15) is 5.82 Å².